The molecule has 2 N–H and O–H groups in total. The number of aliphatic hydroxyl groups excluding tert-OH is 1. The van der Waals surface area contributed by atoms with Gasteiger partial charge in [0.2, 0.25) is 0 Å². The van der Waals surface area contributed by atoms with Crippen LogP contribution in [0.25, 0.3) is 0 Å². The molecule has 0 bridgehead atoms. The van der Waals surface area contributed by atoms with Gasteiger partial charge in [0.05, 0.1) is 23.7 Å². The van der Waals surface area contributed by atoms with Crippen LogP contribution in [0.15, 0.2) is 18.2 Å². The fourth-order valence-corrected chi connectivity index (χ4v) is 4.06. The minimum Gasteiger partial charge on any atom is -0.486 e. The average Bonchev–Trinajstić information content (AvgIpc) is 2.62. The minimum atomic E-state index is -3.15. The third kappa shape index (κ3) is 2.62. The Morgan fingerprint density at radius 1 is 1.16 bits per heavy atom. The molecule has 0 saturated carbocycles. The predicted octanol–water partition coefficient (Wildman–Crippen LogP) is 0.0276. The van der Waals surface area contributed by atoms with Crippen LogP contribution in [-0.2, 0) is 9.84 Å². The van der Waals surface area contributed by atoms with Crippen LogP contribution in [0, 0.1) is 0 Å². The van der Waals surface area contributed by atoms with E-state index in [9.17, 15) is 13.5 Å². The highest BCUT2D eigenvalue weighted by molar-refractivity contribution is 7.91. The molecule has 1 saturated heterocycles. The molecule has 19 heavy (non-hydrogen) atoms. The lowest BCUT2D eigenvalue weighted by atomic mass is 10.2. The molecule has 2 atom stereocenters. The van der Waals surface area contributed by atoms with Crippen molar-refractivity contribution in [2.24, 2.45) is 0 Å². The van der Waals surface area contributed by atoms with Gasteiger partial charge in [0.1, 0.15) is 13.2 Å². The Morgan fingerprint density at radius 2 is 1.89 bits per heavy atom. The standard InChI is InChI=1S/C12H15NO5S/c14-10-7-19(15,16)6-9(10)13-8-1-2-11-12(5-8)18-4-3-17-11/h1-2,5,9-10,13-14H,3-4,6-7H2/t9-,10+/m1/s1. The summed E-state index contributed by atoms with van der Waals surface area (Å²) < 4.78 is 33.7. The molecule has 7 heteroatoms. The van der Waals surface area contributed by atoms with Crippen LogP contribution >= 0.6 is 0 Å². The van der Waals surface area contributed by atoms with Crippen molar-refractivity contribution >= 4 is 15.5 Å². The average molecular weight is 285 g/mol. The van der Waals surface area contributed by atoms with E-state index in [1.807, 2.05) is 0 Å². The Labute approximate surface area is 111 Å². The number of fused-ring (bicyclic) bond motifs is 1. The lowest BCUT2D eigenvalue weighted by Gasteiger charge is -2.21. The Morgan fingerprint density at radius 3 is 2.58 bits per heavy atom. The van der Waals surface area contributed by atoms with Gasteiger partial charge in [-0.3, -0.25) is 0 Å². The molecule has 6 nitrogen and oxygen atoms in total. The SMILES string of the molecule is O=S1(=O)C[C@H](O)[C@H](Nc2ccc3c(c2)OCCO3)C1. The number of aliphatic hydroxyl groups is 1. The maximum Gasteiger partial charge on any atom is 0.163 e. The van der Waals surface area contributed by atoms with Crippen molar-refractivity contribution in [3.63, 3.8) is 0 Å². The molecule has 1 fully saturated rings. The number of nitrogens with one attached hydrogen (secondary N) is 1. The molecule has 0 aliphatic carbocycles. The summed E-state index contributed by atoms with van der Waals surface area (Å²) >= 11 is 0. The minimum absolute atomic E-state index is 0.0530. The number of ether oxygens (including phenoxy) is 2. The summed E-state index contributed by atoms with van der Waals surface area (Å²) in [7, 11) is -3.15. The van der Waals surface area contributed by atoms with Crippen molar-refractivity contribution < 1.29 is 23.0 Å². The van der Waals surface area contributed by atoms with Crippen molar-refractivity contribution in [3.8, 4) is 11.5 Å². The number of hydrogen-bond acceptors (Lipinski definition) is 6. The van der Waals surface area contributed by atoms with Gasteiger partial charge in [0.15, 0.2) is 21.3 Å². The van der Waals surface area contributed by atoms with Crippen LogP contribution in [0.5, 0.6) is 11.5 Å². The molecule has 1 aromatic carbocycles. The van der Waals surface area contributed by atoms with Gasteiger partial charge in [0, 0.05) is 11.8 Å². The van der Waals surface area contributed by atoms with Crippen LogP contribution in [0.1, 0.15) is 0 Å². The lowest BCUT2D eigenvalue weighted by Crippen LogP contribution is -2.31. The molecule has 0 radical (unpaired) electrons. The number of sulfone groups is 1. The van der Waals surface area contributed by atoms with E-state index in [-0.39, 0.29) is 11.5 Å². The van der Waals surface area contributed by atoms with E-state index in [0.717, 1.165) is 0 Å². The molecule has 3 rings (SSSR count). The zero-order chi connectivity index (χ0) is 13.5. The fraction of sp³-hybridized carbons (Fsp3) is 0.500. The van der Waals surface area contributed by atoms with E-state index in [0.29, 0.717) is 30.4 Å². The molecular formula is C12H15NO5S. The van der Waals surface area contributed by atoms with E-state index in [1.165, 1.54) is 0 Å². The van der Waals surface area contributed by atoms with Gasteiger partial charge in [-0.15, -0.1) is 0 Å². The maximum atomic E-state index is 11.4. The zero-order valence-electron chi connectivity index (χ0n) is 10.2. The molecular weight excluding hydrogens is 270 g/mol. The third-order valence-electron chi connectivity index (χ3n) is 3.22. The van der Waals surface area contributed by atoms with Crippen molar-refractivity contribution in [1.82, 2.24) is 0 Å². The summed E-state index contributed by atoms with van der Waals surface area (Å²) in [6.07, 6.45) is -0.877. The Hall–Kier alpha value is -1.47. The Bertz CT molecular complexity index is 586. The molecule has 0 spiro atoms. The zero-order valence-corrected chi connectivity index (χ0v) is 11.0. The Kier molecular flexibility index (Phi) is 3.02. The normalized spacial score (nSPS) is 28.1. The summed E-state index contributed by atoms with van der Waals surface area (Å²) in [6, 6.07) is 4.83. The number of anilines is 1. The van der Waals surface area contributed by atoms with Gasteiger partial charge in [-0.25, -0.2) is 8.42 Å². The van der Waals surface area contributed by atoms with E-state index >= 15 is 0 Å². The van der Waals surface area contributed by atoms with Crippen LogP contribution in [-0.4, -0.2) is 50.4 Å². The monoisotopic (exact) mass is 285 g/mol. The van der Waals surface area contributed by atoms with E-state index in [4.69, 9.17) is 9.47 Å². The summed E-state index contributed by atoms with van der Waals surface area (Å²) in [4.78, 5) is 0. The topological polar surface area (TPSA) is 84.9 Å². The summed E-state index contributed by atoms with van der Waals surface area (Å²) in [5.74, 6) is 1.07. The first kappa shape index (κ1) is 12.6. The van der Waals surface area contributed by atoms with E-state index in [2.05, 4.69) is 5.32 Å². The summed E-state index contributed by atoms with van der Waals surface area (Å²) in [5.41, 5.74) is 0.713. The predicted molar refractivity (Wildman–Crippen MR) is 69.5 cm³/mol. The fourth-order valence-electron chi connectivity index (χ4n) is 2.31. The molecule has 104 valence electrons. The van der Waals surface area contributed by atoms with E-state index < -0.39 is 22.0 Å². The quantitative estimate of drug-likeness (QED) is 0.797. The second kappa shape index (κ2) is 4.57. The van der Waals surface area contributed by atoms with Gasteiger partial charge < -0.3 is 19.9 Å². The van der Waals surface area contributed by atoms with Crippen molar-refractivity contribution in [1.29, 1.82) is 0 Å². The molecule has 2 heterocycles. The van der Waals surface area contributed by atoms with Crippen molar-refractivity contribution in [2.75, 3.05) is 30.0 Å². The molecule has 0 aromatic heterocycles. The van der Waals surface area contributed by atoms with Crippen molar-refractivity contribution in [2.45, 2.75) is 12.1 Å². The van der Waals surface area contributed by atoms with Gasteiger partial charge in [0.25, 0.3) is 0 Å². The van der Waals surface area contributed by atoms with Gasteiger partial charge in [-0.05, 0) is 12.1 Å². The lowest BCUT2D eigenvalue weighted by molar-refractivity contribution is 0.171. The van der Waals surface area contributed by atoms with Gasteiger partial charge in [-0.2, -0.15) is 0 Å². The largest absolute Gasteiger partial charge is 0.486 e. The summed E-state index contributed by atoms with van der Waals surface area (Å²) in [6.45, 7) is 1.02. The summed E-state index contributed by atoms with van der Waals surface area (Å²) in [5, 5.41) is 12.8. The number of hydrogen-bond donors (Lipinski definition) is 2. The van der Waals surface area contributed by atoms with E-state index in [1.54, 1.807) is 18.2 Å². The highest BCUT2D eigenvalue weighted by atomic mass is 32.2. The van der Waals surface area contributed by atoms with Crippen LogP contribution in [0.3, 0.4) is 0 Å². The van der Waals surface area contributed by atoms with Gasteiger partial charge >= 0.3 is 0 Å². The number of rotatable bonds is 2. The Balaban J connectivity index is 1.77. The van der Waals surface area contributed by atoms with Crippen LogP contribution in [0.4, 0.5) is 5.69 Å². The first-order valence-electron chi connectivity index (χ1n) is 6.08. The third-order valence-corrected chi connectivity index (χ3v) is 4.93. The van der Waals surface area contributed by atoms with Crippen molar-refractivity contribution in [3.05, 3.63) is 18.2 Å². The molecule has 0 unspecified atom stereocenters. The molecule has 0 amide bonds. The van der Waals surface area contributed by atoms with Gasteiger partial charge in [-0.1, -0.05) is 0 Å². The molecule has 2 aliphatic rings. The first-order valence-corrected chi connectivity index (χ1v) is 7.90. The molecule has 2 aliphatic heterocycles. The van der Waals surface area contributed by atoms with Crippen LogP contribution in [0.2, 0.25) is 0 Å². The molecule has 1 aromatic rings. The van der Waals surface area contributed by atoms with Crippen LogP contribution < -0.4 is 14.8 Å². The maximum absolute atomic E-state index is 11.4. The highest BCUT2D eigenvalue weighted by Crippen LogP contribution is 2.33. The second-order valence-electron chi connectivity index (χ2n) is 4.75. The smallest absolute Gasteiger partial charge is 0.163 e. The highest BCUT2D eigenvalue weighted by Gasteiger charge is 2.36. The second-order valence-corrected chi connectivity index (χ2v) is 6.91. The first-order chi connectivity index (χ1) is 9.03. The number of benzene rings is 1.